The normalized spacial score (nSPS) is 12.0. The van der Waals surface area contributed by atoms with Crippen molar-refractivity contribution >= 4 is 17.8 Å². The minimum absolute atomic E-state index is 0.0235. The zero-order valence-corrected chi connectivity index (χ0v) is 10.9. The van der Waals surface area contributed by atoms with Crippen molar-refractivity contribution in [1.29, 1.82) is 0 Å². The molecular weight excluding hydrogens is 240 g/mol. The number of aliphatic carboxylic acids is 1. The molecule has 0 fully saturated rings. The molecule has 0 unspecified atom stereocenters. The third-order valence-corrected chi connectivity index (χ3v) is 2.28. The maximum Gasteiger partial charge on any atom is 0.326 e. The number of hydrogen-bond acceptors (Lipinski definition) is 5. The van der Waals surface area contributed by atoms with Crippen LogP contribution in [-0.2, 0) is 19.1 Å². The molecule has 0 aromatic carbocycles. The first-order chi connectivity index (χ1) is 8.36. The second-order valence-electron chi connectivity index (χ2n) is 4.13. The van der Waals surface area contributed by atoms with E-state index in [0.717, 1.165) is 0 Å². The molecule has 0 aliphatic heterocycles. The van der Waals surface area contributed by atoms with E-state index in [0.29, 0.717) is 6.54 Å². The van der Waals surface area contributed by atoms with Crippen molar-refractivity contribution in [2.24, 2.45) is 0 Å². The number of carboxylic acid groups (broad SMARTS) is 1. The molecule has 0 radical (unpaired) electrons. The molecule has 0 saturated carbocycles. The van der Waals surface area contributed by atoms with Gasteiger partial charge in [-0.1, -0.05) is 0 Å². The highest BCUT2D eigenvalue weighted by molar-refractivity contribution is 5.84. The molecule has 0 bridgehead atoms. The number of ether oxygens (including phenoxy) is 1. The lowest BCUT2D eigenvalue weighted by Crippen LogP contribution is -2.41. The van der Waals surface area contributed by atoms with Crippen LogP contribution in [0.15, 0.2) is 0 Å². The van der Waals surface area contributed by atoms with Crippen LogP contribution in [0.2, 0.25) is 0 Å². The number of methoxy groups -OCH3 is 1. The van der Waals surface area contributed by atoms with Gasteiger partial charge >= 0.3 is 11.9 Å². The Kier molecular flexibility index (Phi) is 7.69. The van der Waals surface area contributed by atoms with E-state index in [1.807, 2.05) is 19.0 Å². The van der Waals surface area contributed by atoms with Gasteiger partial charge in [0.25, 0.3) is 0 Å². The van der Waals surface area contributed by atoms with Crippen LogP contribution < -0.4 is 5.32 Å². The summed E-state index contributed by atoms with van der Waals surface area (Å²) in [5.74, 6) is -2.00. The van der Waals surface area contributed by atoms with Crippen molar-refractivity contribution in [3.05, 3.63) is 0 Å². The molecule has 1 amide bonds. The van der Waals surface area contributed by atoms with Gasteiger partial charge in [-0.3, -0.25) is 9.59 Å². The Morgan fingerprint density at radius 2 is 1.89 bits per heavy atom. The third-order valence-electron chi connectivity index (χ3n) is 2.28. The maximum atomic E-state index is 11.5. The molecule has 0 aliphatic rings. The summed E-state index contributed by atoms with van der Waals surface area (Å²) >= 11 is 0. The van der Waals surface area contributed by atoms with Crippen molar-refractivity contribution in [2.75, 3.05) is 27.7 Å². The van der Waals surface area contributed by atoms with E-state index >= 15 is 0 Å². The van der Waals surface area contributed by atoms with Crippen LogP contribution in [0.4, 0.5) is 0 Å². The first-order valence-corrected chi connectivity index (χ1v) is 5.60. The van der Waals surface area contributed by atoms with Crippen molar-refractivity contribution in [3.8, 4) is 0 Å². The summed E-state index contributed by atoms with van der Waals surface area (Å²) in [6.45, 7) is 0.537. The monoisotopic (exact) mass is 260 g/mol. The number of carboxylic acids is 1. The highest BCUT2D eigenvalue weighted by Gasteiger charge is 2.20. The third kappa shape index (κ3) is 7.61. The fraction of sp³-hybridized carbons (Fsp3) is 0.727. The van der Waals surface area contributed by atoms with Gasteiger partial charge in [-0.15, -0.1) is 0 Å². The molecule has 18 heavy (non-hydrogen) atoms. The summed E-state index contributed by atoms with van der Waals surface area (Å²) in [6.07, 6.45) is 0.201. The molecule has 0 heterocycles. The summed E-state index contributed by atoms with van der Waals surface area (Å²) < 4.78 is 4.41. The summed E-state index contributed by atoms with van der Waals surface area (Å²) in [4.78, 5) is 35.1. The summed E-state index contributed by atoms with van der Waals surface area (Å²) in [5.41, 5.74) is 0. The van der Waals surface area contributed by atoms with Gasteiger partial charge in [-0.25, -0.2) is 4.79 Å². The predicted octanol–water partition coefficient (Wildman–Crippen LogP) is -0.539. The Bertz CT molecular complexity index is 304. The molecule has 1 atom stereocenters. The highest BCUT2D eigenvalue weighted by Crippen LogP contribution is 2.00. The molecule has 7 nitrogen and oxygen atoms in total. The molecule has 0 rings (SSSR count). The van der Waals surface area contributed by atoms with Gasteiger partial charge in [0, 0.05) is 19.4 Å². The van der Waals surface area contributed by atoms with Crippen molar-refractivity contribution < 1.29 is 24.2 Å². The van der Waals surface area contributed by atoms with Crippen LogP contribution in [0.5, 0.6) is 0 Å². The van der Waals surface area contributed by atoms with Crippen LogP contribution in [-0.4, -0.2) is 61.6 Å². The van der Waals surface area contributed by atoms with Crippen LogP contribution >= 0.6 is 0 Å². The summed E-state index contributed by atoms with van der Waals surface area (Å²) in [7, 11) is 4.87. The summed E-state index contributed by atoms with van der Waals surface area (Å²) in [5, 5.41) is 11.3. The molecule has 0 aliphatic carbocycles. The quantitative estimate of drug-likeness (QED) is 0.569. The molecular formula is C11H20N2O5. The average Bonchev–Trinajstić information content (AvgIpc) is 2.30. The Hall–Kier alpha value is -1.63. The van der Waals surface area contributed by atoms with Crippen molar-refractivity contribution in [2.45, 2.75) is 25.3 Å². The van der Waals surface area contributed by atoms with Gasteiger partial charge in [0.15, 0.2) is 0 Å². The van der Waals surface area contributed by atoms with E-state index in [1.165, 1.54) is 7.11 Å². The number of hydrogen-bond donors (Lipinski definition) is 2. The van der Waals surface area contributed by atoms with Gasteiger partial charge in [-0.05, 0) is 20.5 Å². The number of nitrogens with zero attached hydrogens (tertiary/aromatic N) is 1. The predicted molar refractivity (Wildman–Crippen MR) is 64.0 cm³/mol. The lowest BCUT2D eigenvalue weighted by Gasteiger charge is -2.15. The molecule has 0 spiro atoms. The number of carbonyl (C=O) groups excluding carboxylic acids is 2. The van der Waals surface area contributed by atoms with E-state index in [-0.39, 0.29) is 25.2 Å². The Balaban J connectivity index is 4.15. The molecule has 0 aromatic heterocycles. The van der Waals surface area contributed by atoms with Crippen LogP contribution in [0.3, 0.4) is 0 Å². The second-order valence-corrected chi connectivity index (χ2v) is 4.13. The van der Waals surface area contributed by atoms with Gasteiger partial charge < -0.3 is 20.1 Å². The lowest BCUT2D eigenvalue weighted by molar-refractivity contribution is -0.144. The van der Waals surface area contributed by atoms with Crippen LogP contribution in [0, 0.1) is 0 Å². The first-order valence-electron chi connectivity index (χ1n) is 5.60. The smallest absolute Gasteiger partial charge is 0.326 e. The highest BCUT2D eigenvalue weighted by atomic mass is 16.5. The molecule has 0 saturated heterocycles. The van der Waals surface area contributed by atoms with E-state index in [2.05, 4.69) is 10.1 Å². The molecule has 104 valence electrons. The van der Waals surface area contributed by atoms with Gasteiger partial charge in [0.1, 0.15) is 6.04 Å². The number of rotatable bonds is 8. The maximum absolute atomic E-state index is 11.5. The molecule has 0 aromatic rings. The van der Waals surface area contributed by atoms with E-state index < -0.39 is 18.0 Å². The Morgan fingerprint density at radius 1 is 1.28 bits per heavy atom. The molecule has 2 N–H and O–H groups in total. The van der Waals surface area contributed by atoms with E-state index in [4.69, 9.17) is 5.11 Å². The fourth-order valence-electron chi connectivity index (χ4n) is 1.21. The van der Waals surface area contributed by atoms with Crippen LogP contribution in [0.1, 0.15) is 19.3 Å². The number of nitrogens with one attached hydrogen (secondary N) is 1. The topological polar surface area (TPSA) is 95.9 Å². The minimum atomic E-state index is -1.16. The van der Waals surface area contributed by atoms with E-state index in [1.54, 1.807) is 0 Å². The van der Waals surface area contributed by atoms with Gasteiger partial charge in [0.2, 0.25) is 5.91 Å². The second kappa shape index (κ2) is 8.46. The molecule has 7 heteroatoms. The van der Waals surface area contributed by atoms with Crippen molar-refractivity contribution in [3.63, 3.8) is 0 Å². The fourth-order valence-corrected chi connectivity index (χ4v) is 1.21. The SMILES string of the molecule is COC(=O)CC[C@H](NC(=O)CCN(C)C)C(=O)O. The van der Waals surface area contributed by atoms with Crippen molar-refractivity contribution in [1.82, 2.24) is 10.2 Å². The largest absolute Gasteiger partial charge is 0.480 e. The lowest BCUT2D eigenvalue weighted by atomic mass is 10.1. The number of carbonyl (C=O) groups is 3. The average molecular weight is 260 g/mol. The minimum Gasteiger partial charge on any atom is -0.480 e. The summed E-state index contributed by atoms with van der Waals surface area (Å²) in [6, 6.07) is -1.06. The first kappa shape index (κ1) is 16.4. The number of amides is 1. The Labute approximate surface area is 106 Å². The van der Waals surface area contributed by atoms with Gasteiger partial charge in [-0.2, -0.15) is 0 Å². The van der Waals surface area contributed by atoms with Gasteiger partial charge in [0.05, 0.1) is 7.11 Å². The van der Waals surface area contributed by atoms with Crippen LogP contribution in [0.25, 0.3) is 0 Å². The Morgan fingerprint density at radius 3 is 2.33 bits per heavy atom. The van der Waals surface area contributed by atoms with E-state index in [9.17, 15) is 14.4 Å². The number of esters is 1. The standard InChI is InChI=1S/C11H20N2O5/c1-13(2)7-6-9(14)12-8(11(16)17)4-5-10(15)18-3/h8H,4-7H2,1-3H3,(H,12,14)(H,16,17)/t8-/m0/s1. The zero-order chi connectivity index (χ0) is 14.1. The zero-order valence-electron chi connectivity index (χ0n) is 10.9.